The van der Waals surface area contributed by atoms with Crippen LogP contribution in [-0.4, -0.2) is 50.9 Å². The zero-order valence-corrected chi connectivity index (χ0v) is 18.3. The zero-order chi connectivity index (χ0) is 19.5. The third-order valence-electron chi connectivity index (χ3n) is 5.39. The van der Waals surface area contributed by atoms with E-state index in [1.807, 2.05) is 20.8 Å². The van der Waals surface area contributed by atoms with Gasteiger partial charge < -0.3 is 18.9 Å². The Kier molecular flexibility index (Phi) is 7.27. The third-order valence-corrected chi connectivity index (χ3v) is 9.93. The predicted octanol–water partition coefficient (Wildman–Crippen LogP) is 4.47. The molecular formula is C19H37NO4Si. The van der Waals surface area contributed by atoms with Gasteiger partial charge in [-0.2, -0.15) is 0 Å². The van der Waals surface area contributed by atoms with Gasteiger partial charge in [-0.15, -0.1) is 0 Å². The van der Waals surface area contributed by atoms with Crippen LogP contribution in [0.5, 0.6) is 0 Å². The summed E-state index contributed by atoms with van der Waals surface area (Å²) in [4.78, 5) is 25.4. The highest BCUT2D eigenvalue weighted by atomic mass is 28.4. The lowest BCUT2D eigenvalue weighted by molar-refractivity contribution is -0.114. The molecule has 1 aliphatic rings. The summed E-state index contributed by atoms with van der Waals surface area (Å²) in [7, 11) is -1.75. The van der Waals surface area contributed by atoms with Gasteiger partial charge in [0.2, 0.25) is 0 Å². The van der Waals surface area contributed by atoms with Crippen molar-refractivity contribution < 1.29 is 18.8 Å². The van der Waals surface area contributed by atoms with Crippen molar-refractivity contribution in [2.24, 2.45) is 11.8 Å². The van der Waals surface area contributed by atoms with Crippen LogP contribution in [0.4, 0.5) is 4.79 Å². The summed E-state index contributed by atoms with van der Waals surface area (Å²) in [5.74, 6) is 0.144. The summed E-state index contributed by atoms with van der Waals surface area (Å²) in [5, 5.41) is 0.192. The standard InChI is InChI=1S/C19H37NO4Si/c1-18(2,3)24-17(22)20-11-9-15(16(13-20)14-21)10-12-23-25(7,8)19(4,5)6/h14-16H,9-13H2,1-8H3/t15-,16+/m0/s1. The first-order valence-corrected chi connectivity index (χ1v) is 12.2. The van der Waals surface area contributed by atoms with Gasteiger partial charge in [-0.25, -0.2) is 4.79 Å². The van der Waals surface area contributed by atoms with Gasteiger partial charge in [-0.1, -0.05) is 20.8 Å². The van der Waals surface area contributed by atoms with Gasteiger partial charge in [0.25, 0.3) is 0 Å². The quantitative estimate of drug-likeness (QED) is 0.528. The van der Waals surface area contributed by atoms with Crippen molar-refractivity contribution in [3.63, 3.8) is 0 Å². The van der Waals surface area contributed by atoms with E-state index in [1.165, 1.54) is 0 Å². The topological polar surface area (TPSA) is 55.8 Å². The van der Waals surface area contributed by atoms with E-state index in [0.29, 0.717) is 19.7 Å². The number of carbonyl (C=O) groups excluding carboxylic acids is 2. The van der Waals surface area contributed by atoms with Crippen LogP contribution < -0.4 is 0 Å². The number of rotatable bonds is 5. The zero-order valence-electron chi connectivity index (χ0n) is 17.3. The number of aldehydes is 1. The molecule has 0 aromatic carbocycles. The van der Waals surface area contributed by atoms with E-state index in [2.05, 4.69) is 33.9 Å². The molecule has 1 fully saturated rings. The minimum absolute atomic E-state index is 0.135. The summed E-state index contributed by atoms with van der Waals surface area (Å²) in [5.41, 5.74) is -0.512. The second kappa shape index (κ2) is 8.21. The Hall–Kier alpha value is -0.883. The maximum Gasteiger partial charge on any atom is 0.410 e. The average molecular weight is 372 g/mol. The maximum atomic E-state index is 12.2. The molecule has 1 aliphatic heterocycles. The van der Waals surface area contributed by atoms with Crippen molar-refractivity contribution in [3.8, 4) is 0 Å². The van der Waals surface area contributed by atoms with Crippen molar-refractivity contribution in [1.82, 2.24) is 4.90 Å². The second-order valence-corrected chi connectivity index (χ2v) is 14.5. The molecule has 0 unspecified atom stereocenters. The van der Waals surface area contributed by atoms with E-state index in [4.69, 9.17) is 9.16 Å². The van der Waals surface area contributed by atoms with Crippen molar-refractivity contribution >= 4 is 20.7 Å². The van der Waals surface area contributed by atoms with E-state index in [1.54, 1.807) is 4.90 Å². The minimum Gasteiger partial charge on any atom is -0.444 e. The van der Waals surface area contributed by atoms with E-state index < -0.39 is 13.9 Å². The van der Waals surface area contributed by atoms with Crippen LogP contribution in [0.1, 0.15) is 54.4 Å². The molecule has 5 nitrogen and oxygen atoms in total. The Balaban J connectivity index is 2.54. The molecule has 1 amide bonds. The number of carbonyl (C=O) groups is 2. The Labute approximate surface area is 154 Å². The number of hydrogen-bond donors (Lipinski definition) is 0. The van der Waals surface area contributed by atoms with Crippen molar-refractivity contribution in [2.75, 3.05) is 19.7 Å². The van der Waals surface area contributed by atoms with Crippen LogP contribution in [0.3, 0.4) is 0 Å². The number of amides is 1. The molecule has 0 aliphatic carbocycles. The summed E-state index contributed by atoms with van der Waals surface area (Å²) >= 11 is 0. The summed E-state index contributed by atoms with van der Waals surface area (Å²) < 4.78 is 11.7. The fourth-order valence-electron chi connectivity index (χ4n) is 2.72. The van der Waals surface area contributed by atoms with Crippen LogP contribution in [0.25, 0.3) is 0 Å². The first-order valence-electron chi connectivity index (χ1n) is 9.34. The third kappa shape index (κ3) is 6.74. The SMILES string of the molecule is CC(C)(C)OC(=O)N1CC[C@@H](CCO[Si](C)(C)C(C)(C)C)[C@@H](C=O)C1. The highest BCUT2D eigenvalue weighted by molar-refractivity contribution is 6.74. The first-order chi connectivity index (χ1) is 11.3. The number of piperidine rings is 1. The minimum atomic E-state index is -1.75. The lowest BCUT2D eigenvalue weighted by atomic mass is 9.84. The van der Waals surface area contributed by atoms with Gasteiger partial charge in [0.05, 0.1) is 0 Å². The Morgan fingerprint density at radius 3 is 2.28 bits per heavy atom. The number of likely N-dealkylation sites (tertiary alicyclic amines) is 1. The maximum absolute atomic E-state index is 12.2. The highest BCUT2D eigenvalue weighted by Gasteiger charge is 2.38. The summed E-state index contributed by atoms with van der Waals surface area (Å²) in [6.45, 7) is 18.5. The molecule has 0 radical (unpaired) electrons. The molecule has 146 valence electrons. The van der Waals surface area contributed by atoms with E-state index in [9.17, 15) is 9.59 Å². The molecule has 0 aromatic rings. The van der Waals surface area contributed by atoms with Gasteiger partial charge in [-0.05, 0) is 57.7 Å². The molecule has 0 N–H and O–H groups in total. The molecule has 1 heterocycles. The van der Waals surface area contributed by atoms with Crippen molar-refractivity contribution in [1.29, 1.82) is 0 Å². The molecule has 0 spiro atoms. The van der Waals surface area contributed by atoms with Gasteiger partial charge in [0, 0.05) is 25.6 Å². The van der Waals surface area contributed by atoms with E-state index in [0.717, 1.165) is 19.1 Å². The monoisotopic (exact) mass is 371 g/mol. The number of nitrogens with zero attached hydrogens (tertiary/aromatic N) is 1. The van der Waals surface area contributed by atoms with Gasteiger partial charge >= 0.3 is 6.09 Å². The molecule has 25 heavy (non-hydrogen) atoms. The normalized spacial score (nSPS) is 22.6. The van der Waals surface area contributed by atoms with Crippen LogP contribution in [0, 0.1) is 11.8 Å². The molecule has 1 rings (SSSR count). The number of ether oxygens (including phenoxy) is 1. The van der Waals surface area contributed by atoms with Gasteiger partial charge in [-0.3, -0.25) is 0 Å². The van der Waals surface area contributed by atoms with Crippen LogP contribution in [-0.2, 0) is 14.0 Å². The van der Waals surface area contributed by atoms with Crippen molar-refractivity contribution in [3.05, 3.63) is 0 Å². The van der Waals surface area contributed by atoms with E-state index >= 15 is 0 Å². The smallest absolute Gasteiger partial charge is 0.410 e. The predicted molar refractivity (Wildman–Crippen MR) is 103 cm³/mol. The summed E-state index contributed by atoms with van der Waals surface area (Å²) in [6, 6.07) is 0. The van der Waals surface area contributed by atoms with Crippen LogP contribution >= 0.6 is 0 Å². The Bertz CT molecular complexity index is 465. The largest absolute Gasteiger partial charge is 0.444 e. The highest BCUT2D eigenvalue weighted by Crippen LogP contribution is 2.37. The molecule has 0 aromatic heterocycles. The fraction of sp³-hybridized carbons (Fsp3) is 0.895. The lowest BCUT2D eigenvalue weighted by Gasteiger charge is -2.39. The van der Waals surface area contributed by atoms with E-state index in [-0.39, 0.29) is 23.0 Å². The Morgan fingerprint density at radius 2 is 1.80 bits per heavy atom. The number of hydrogen-bond acceptors (Lipinski definition) is 4. The van der Waals surface area contributed by atoms with Gasteiger partial charge in [0.1, 0.15) is 11.9 Å². The molecule has 6 heteroatoms. The first kappa shape index (κ1) is 22.2. The molecule has 2 atom stereocenters. The average Bonchev–Trinajstić information content (AvgIpc) is 2.44. The van der Waals surface area contributed by atoms with Crippen molar-refractivity contribution in [2.45, 2.75) is 78.1 Å². The summed E-state index contributed by atoms with van der Waals surface area (Å²) in [6.07, 6.45) is 2.37. The fourth-order valence-corrected chi connectivity index (χ4v) is 3.78. The molecular weight excluding hydrogens is 334 g/mol. The molecule has 0 bridgehead atoms. The van der Waals surface area contributed by atoms with Crippen LogP contribution in [0.2, 0.25) is 18.1 Å². The van der Waals surface area contributed by atoms with Gasteiger partial charge in [0.15, 0.2) is 8.32 Å². The lowest BCUT2D eigenvalue weighted by Crippen LogP contribution is -2.47. The molecule has 1 saturated heterocycles. The Morgan fingerprint density at radius 1 is 1.20 bits per heavy atom. The second-order valence-electron chi connectivity index (χ2n) is 9.67. The molecule has 0 saturated carbocycles. The van der Waals surface area contributed by atoms with Crippen LogP contribution in [0.15, 0.2) is 0 Å².